The topological polar surface area (TPSA) is 110 Å². The second-order valence-electron chi connectivity index (χ2n) is 3.50. The molecule has 0 spiro atoms. The van der Waals surface area contributed by atoms with Crippen molar-refractivity contribution < 1.29 is 24.5 Å². The van der Waals surface area contributed by atoms with Crippen LogP contribution in [0.2, 0.25) is 0 Å². The molecular formula is C11H15NO5S. The summed E-state index contributed by atoms with van der Waals surface area (Å²) in [6, 6.07) is 2.88. The fraction of sp³-hybridized carbons (Fsp3) is 0.455. The van der Waals surface area contributed by atoms with E-state index in [-0.39, 0.29) is 18.0 Å². The molecule has 0 aromatic carbocycles. The molecule has 1 aromatic heterocycles. The summed E-state index contributed by atoms with van der Waals surface area (Å²) in [6.45, 7) is 1.63. The first-order valence-electron chi connectivity index (χ1n) is 5.38. The number of aliphatic hydroxyl groups excluding tert-OH is 2. The summed E-state index contributed by atoms with van der Waals surface area (Å²) in [7, 11) is 0. The van der Waals surface area contributed by atoms with E-state index in [1.807, 2.05) is 0 Å². The molecule has 2 unspecified atom stereocenters. The molecule has 2 atom stereocenters. The van der Waals surface area contributed by atoms with Crippen molar-refractivity contribution >= 4 is 23.1 Å². The minimum Gasteiger partial charge on any atom is -0.460 e. The number of Topliss-reactive ketones (excluding diaryl/α,β-unsaturated/α-hetero) is 1. The zero-order chi connectivity index (χ0) is 13.7. The molecule has 1 aromatic rings. The molecule has 0 amide bonds. The lowest BCUT2D eigenvalue weighted by molar-refractivity contribution is -0.137. The van der Waals surface area contributed by atoms with E-state index in [9.17, 15) is 19.8 Å². The van der Waals surface area contributed by atoms with Gasteiger partial charge in [-0.2, -0.15) is 0 Å². The third-order valence-corrected chi connectivity index (χ3v) is 3.36. The molecule has 0 aliphatic rings. The number of thiophene rings is 1. The summed E-state index contributed by atoms with van der Waals surface area (Å²) in [6.07, 6.45) is -2.27. The van der Waals surface area contributed by atoms with Gasteiger partial charge in [0.1, 0.15) is 6.10 Å². The number of carbonyl (C=O) groups is 2. The first kappa shape index (κ1) is 14.8. The van der Waals surface area contributed by atoms with Crippen LogP contribution in [-0.2, 0) is 9.53 Å². The van der Waals surface area contributed by atoms with Gasteiger partial charge in [0.25, 0.3) is 5.78 Å². The van der Waals surface area contributed by atoms with Crippen molar-refractivity contribution in [1.29, 1.82) is 0 Å². The van der Waals surface area contributed by atoms with Gasteiger partial charge in [0.2, 0.25) is 0 Å². The molecule has 1 rings (SSSR count). The number of aliphatic hydroxyl groups is 2. The zero-order valence-corrected chi connectivity index (χ0v) is 10.6. The molecule has 100 valence electrons. The van der Waals surface area contributed by atoms with Gasteiger partial charge in [-0.15, -0.1) is 11.3 Å². The van der Waals surface area contributed by atoms with Gasteiger partial charge < -0.3 is 20.7 Å². The predicted octanol–water partition coefficient (Wildman–Crippen LogP) is -0.153. The maximum absolute atomic E-state index is 11.6. The van der Waals surface area contributed by atoms with Gasteiger partial charge in [-0.3, -0.25) is 4.79 Å². The summed E-state index contributed by atoms with van der Waals surface area (Å²) in [5, 5.41) is 19.1. The average Bonchev–Trinajstić information content (AvgIpc) is 2.85. The summed E-state index contributed by atoms with van der Waals surface area (Å²) >= 11 is 0.931. The first-order valence-corrected chi connectivity index (χ1v) is 6.20. The van der Waals surface area contributed by atoms with Crippen LogP contribution in [-0.4, -0.2) is 41.2 Å². The molecule has 0 aliphatic heterocycles. The lowest BCUT2D eigenvalue weighted by Gasteiger charge is -2.13. The Morgan fingerprint density at radius 3 is 2.67 bits per heavy atom. The maximum atomic E-state index is 11.6. The Morgan fingerprint density at radius 2 is 2.11 bits per heavy atom. The van der Waals surface area contributed by atoms with Crippen molar-refractivity contribution in [2.24, 2.45) is 5.73 Å². The standard InChI is InChI=1S/C11H15NO5S/c1-2-17-11(16)10(15)8-4-3-7(18-8)9(14)6(13)5-12/h3-4,6,9,13-14H,2,5,12H2,1H3. The Labute approximate surface area is 108 Å². The van der Waals surface area contributed by atoms with E-state index in [0.717, 1.165) is 11.3 Å². The number of esters is 1. The molecule has 0 saturated heterocycles. The van der Waals surface area contributed by atoms with E-state index >= 15 is 0 Å². The Kier molecular flexibility index (Phi) is 5.42. The fourth-order valence-corrected chi connectivity index (χ4v) is 2.23. The largest absolute Gasteiger partial charge is 0.460 e. The quantitative estimate of drug-likeness (QED) is 0.377. The first-order chi connectivity index (χ1) is 8.51. The molecular weight excluding hydrogens is 258 g/mol. The van der Waals surface area contributed by atoms with Crippen LogP contribution in [0.4, 0.5) is 0 Å². The maximum Gasteiger partial charge on any atom is 0.380 e. The van der Waals surface area contributed by atoms with E-state index < -0.39 is 24.0 Å². The molecule has 18 heavy (non-hydrogen) atoms. The molecule has 1 heterocycles. The van der Waals surface area contributed by atoms with E-state index in [0.29, 0.717) is 4.88 Å². The normalized spacial score (nSPS) is 14.0. The molecule has 4 N–H and O–H groups in total. The van der Waals surface area contributed by atoms with E-state index in [2.05, 4.69) is 4.74 Å². The van der Waals surface area contributed by atoms with Crippen LogP contribution in [0.5, 0.6) is 0 Å². The van der Waals surface area contributed by atoms with Gasteiger partial charge in [-0.05, 0) is 19.1 Å². The average molecular weight is 273 g/mol. The SMILES string of the molecule is CCOC(=O)C(=O)c1ccc(C(O)C(O)CN)s1. The second kappa shape index (κ2) is 6.60. The number of hydrogen-bond donors (Lipinski definition) is 3. The van der Waals surface area contributed by atoms with E-state index in [1.54, 1.807) is 6.92 Å². The number of nitrogens with two attached hydrogens (primary N) is 1. The van der Waals surface area contributed by atoms with Gasteiger partial charge in [0.15, 0.2) is 0 Å². The minimum absolute atomic E-state index is 0.0970. The van der Waals surface area contributed by atoms with Gasteiger partial charge >= 0.3 is 5.97 Å². The highest BCUT2D eigenvalue weighted by molar-refractivity contribution is 7.14. The monoisotopic (exact) mass is 273 g/mol. The second-order valence-corrected chi connectivity index (χ2v) is 4.61. The van der Waals surface area contributed by atoms with Crippen LogP contribution < -0.4 is 5.73 Å². The van der Waals surface area contributed by atoms with Crippen LogP contribution in [0.3, 0.4) is 0 Å². The van der Waals surface area contributed by atoms with Crippen molar-refractivity contribution in [3.05, 3.63) is 21.9 Å². The molecule has 0 saturated carbocycles. The summed E-state index contributed by atoms with van der Waals surface area (Å²) in [5.41, 5.74) is 5.22. The highest BCUT2D eigenvalue weighted by atomic mass is 32.1. The van der Waals surface area contributed by atoms with Crippen molar-refractivity contribution in [1.82, 2.24) is 0 Å². The Balaban J connectivity index is 2.80. The lowest BCUT2D eigenvalue weighted by atomic mass is 10.2. The Morgan fingerprint density at radius 1 is 1.44 bits per heavy atom. The summed E-state index contributed by atoms with van der Waals surface area (Å²) in [4.78, 5) is 23.3. The Bertz CT molecular complexity index is 431. The molecule has 6 nitrogen and oxygen atoms in total. The number of rotatable bonds is 6. The van der Waals surface area contributed by atoms with E-state index in [1.165, 1.54) is 12.1 Å². The third-order valence-electron chi connectivity index (χ3n) is 2.21. The molecule has 0 fully saturated rings. The van der Waals surface area contributed by atoms with Gasteiger partial charge in [0.05, 0.1) is 17.6 Å². The number of ketones is 1. The summed E-state index contributed by atoms with van der Waals surface area (Å²) in [5.74, 6) is -1.69. The highest BCUT2D eigenvalue weighted by Crippen LogP contribution is 2.26. The van der Waals surface area contributed by atoms with Crippen LogP contribution in [0.1, 0.15) is 27.6 Å². The van der Waals surface area contributed by atoms with Crippen LogP contribution in [0, 0.1) is 0 Å². The summed E-state index contributed by atoms with van der Waals surface area (Å²) < 4.78 is 4.58. The minimum atomic E-state index is -1.16. The van der Waals surface area contributed by atoms with Crippen molar-refractivity contribution in [2.45, 2.75) is 19.1 Å². The zero-order valence-electron chi connectivity index (χ0n) is 9.83. The number of carbonyl (C=O) groups excluding carboxylic acids is 2. The fourth-order valence-electron chi connectivity index (χ4n) is 1.25. The molecule has 0 aliphatic carbocycles. The van der Waals surface area contributed by atoms with Crippen molar-refractivity contribution in [2.75, 3.05) is 13.2 Å². The van der Waals surface area contributed by atoms with Crippen LogP contribution in [0.25, 0.3) is 0 Å². The predicted molar refractivity (Wildman–Crippen MR) is 65.3 cm³/mol. The molecule has 7 heteroatoms. The van der Waals surface area contributed by atoms with Gasteiger partial charge in [-0.25, -0.2) is 4.79 Å². The smallest absolute Gasteiger partial charge is 0.380 e. The third kappa shape index (κ3) is 3.36. The van der Waals surface area contributed by atoms with Gasteiger partial charge in [-0.1, -0.05) is 0 Å². The van der Waals surface area contributed by atoms with Crippen LogP contribution >= 0.6 is 11.3 Å². The van der Waals surface area contributed by atoms with E-state index in [4.69, 9.17) is 5.73 Å². The van der Waals surface area contributed by atoms with Crippen LogP contribution in [0.15, 0.2) is 12.1 Å². The number of hydrogen-bond acceptors (Lipinski definition) is 7. The molecule has 0 bridgehead atoms. The van der Waals surface area contributed by atoms with Crippen molar-refractivity contribution in [3.8, 4) is 0 Å². The van der Waals surface area contributed by atoms with Crippen molar-refractivity contribution in [3.63, 3.8) is 0 Å². The highest BCUT2D eigenvalue weighted by Gasteiger charge is 2.23. The lowest BCUT2D eigenvalue weighted by Crippen LogP contribution is -2.26. The van der Waals surface area contributed by atoms with Gasteiger partial charge in [0, 0.05) is 11.4 Å². The molecule has 0 radical (unpaired) electrons. The number of ether oxygens (including phenoxy) is 1. The Hall–Kier alpha value is -1.28.